The van der Waals surface area contributed by atoms with Crippen LogP contribution in [0.1, 0.15) is 46.0 Å². The molecule has 1 aliphatic heterocycles. The van der Waals surface area contributed by atoms with Crippen molar-refractivity contribution in [3.8, 4) is 0 Å². The molecule has 1 saturated heterocycles. The van der Waals surface area contributed by atoms with Crippen LogP contribution >= 0.6 is 0 Å². The van der Waals surface area contributed by atoms with Gasteiger partial charge in [0.1, 0.15) is 0 Å². The highest BCUT2D eigenvalue weighted by Crippen LogP contribution is 2.62. The Morgan fingerprint density at radius 1 is 1.14 bits per heavy atom. The third-order valence-electron chi connectivity index (χ3n) is 5.53. The lowest BCUT2D eigenvalue weighted by molar-refractivity contribution is -0.112. The van der Waals surface area contributed by atoms with E-state index in [0.717, 1.165) is 23.8 Å². The largest absolute Gasteiger partial charge is 0.314 e. The topological polar surface area (TPSA) is 12.0 Å². The minimum atomic E-state index is 0.674. The molecular weight excluding hydrogens is 170 g/mol. The molecule has 0 aromatic rings. The van der Waals surface area contributed by atoms with E-state index in [1.54, 1.807) is 0 Å². The molecule has 4 aliphatic rings. The molecule has 2 bridgehead atoms. The SMILES string of the molecule is CC1(C)C2CCC(C3CCCN3)C1C2. The summed E-state index contributed by atoms with van der Waals surface area (Å²) in [5.41, 5.74) is 0.674. The van der Waals surface area contributed by atoms with Gasteiger partial charge in [-0.05, 0) is 61.8 Å². The van der Waals surface area contributed by atoms with Gasteiger partial charge < -0.3 is 5.32 Å². The molecule has 0 radical (unpaired) electrons. The van der Waals surface area contributed by atoms with E-state index in [1.807, 2.05) is 0 Å². The van der Waals surface area contributed by atoms with Crippen molar-refractivity contribution in [2.75, 3.05) is 6.54 Å². The lowest BCUT2D eigenvalue weighted by Crippen LogP contribution is -2.56. The lowest BCUT2D eigenvalue weighted by atomic mass is 9.44. The third-order valence-corrected chi connectivity index (χ3v) is 5.53. The summed E-state index contributed by atoms with van der Waals surface area (Å²) in [6.07, 6.45) is 7.41. The molecule has 4 rings (SSSR count). The van der Waals surface area contributed by atoms with Gasteiger partial charge in [0.15, 0.2) is 0 Å². The van der Waals surface area contributed by atoms with Gasteiger partial charge in [0.25, 0.3) is 0 Å². The Kier molecular flexibility index (Phi) is 1.96. The van der Waals surface area contributed by atoms with Crippen LogP contribution in [0.15, 0.2) is 0 Å². The zero-order valence-electron chi connectivity index (χ0n) is 9.55. The van der Waals surface area contributed by atoms with Gasteiger partial charge in [-0.15, -0.1) is 0 Å². The second-order valence-corrected chi connectivity index (χ2v) is 6.30. The minimum absolute atomic E-state index is 0.674. The summed E-state index contributed by atoms with van der Waals surface area (Å²) in [6, 6.07) is 0.875. The number of fused-ring (bicyclic) bond motifs is 2. The Bertz CT molecular complexity index is 225. The molecule has 4 atom stereocenters. The van der Waals surface area contributed by atoms with Gasteiger partial charge in [0, 0.05) is 6.04 Å². The molecule has 1 heteroatoms. The first kappa shape index (κ1) is 9.21. The third kappa shape index (κ3) is 1.11. The molecule has 0 aromatic heterocycles. The fourth-order valence-corrected chi connectivity index (χ4v) is 4.43. The fraction of sp³-hybridized carbons (Fsp3) is 1.00. The van der Waals surface area contributed by atoms with E-state index in [1.165, 1.54) is 38.6 Å². The van der Waals surface area contributed by atoms with Crippen molar-refractivity contribution >= 4 is 0 Å². The molecule has 4 unspecified atom stereocenters. The predicted molar refractivity (Wildman–Crippen MR) is 59.1 cm³/mol. The van der Waals surface area contributed by atoms with Gasteiger partial charge in [-0.3, -0.25) is 0 Å². The number of hydrogen-bond donors (Lipinski definition) is 1. The number of nitrogens with one attached hydrogen (secondary N) is 1. The zero-order valence-corrected chi connectivity index (χ0v) is 9.55. The maximum Gasteiger partial charge on any atom is 0.00986 e. The van der Waals surface area contributed by atoms with Gasteiger partial charge in [-0.25, -0.2) is 0 Å². The Balaban J connectivity index is 1.74. The van der Waals surface area contributed by atoms with E-state index >= 15 is 0 Å². The molecule has 3 saturated carbocycles. The van der Waals surface area contributed by atoms with Crippen molar-refractivity contribution in [2.24, 2.45) is 23.2 Å². The maximum atomic E-state index is 3.72. The molecule has 14 heavy (non-hydrogen) atoms. The molecule has 0 aromatic carbocycles. The first-order chi connectivity index (χ1) is 6.69. The first-order valence-corrected chi connectivity index (χ1v) is 6.43. The highest BCUT2D eigenvalue weighted by Gasteiger charge is 2.55. The van der Waals surface area contributed by atoms with Crippen molar-refractivity contribution in [1.82, 2.24) is 5.32 Å². The summed E-state index contributed by atoms with van der Waals surface area (Å²) in [5, 5.41) is 3.72. The molecular formula is C13H23N. The van der Waals surface area contributed by atoms with Crippen molar-refractivity contribution in [2.45, 2.75) is 52.0 Å². The molecule has 1 heterocycles. The number of hydrogen-bond acceptors (Lipinski definition) is 1. The van der Waals surface area contributed by atoms with E-state index in [0.29, 0.717) is 5.41 Å². The Labute approximate surface area is 87.7 Å². The molecule has 0 amide bonds. The van der Waals surface area contributed by atoms with Gasteiger partial charge >= 0.3 is 0 Å². The van der Waals surface area contributed by atoms with Crippen molar-refractivity contribution < 1.29 is 0 Å². The first-order valence-electron chi connectivity index (χ1n) is 6.43. The summed E-state index contributed by atoms with van der Waals surface area (Å²) in [7, 11) is 0. The van der Waals surface area contributed by atoms with Crippen LogP contribution < -0.4 is 5.32 Å². The Morgan fingerprint density at radius 2 is 2.00 bits per heavy atom. The van der Waals surface area contributed by atoms with E-state index in [2.05, 4.69) is 19.2 Å². The minimum Gasteiger partial charge on any atom is -0.314 e. The molecule has 1 N–H and O–H groups in total. The van der Waals surface area contributed by atoms with E-state index in [-0.39, 0.29) is 0 Å². The fourth-order valence-electron chi connectivity index (χ4n) is 4.43. The zero-order chi connectivity index (χ0) is 9.76. The summed E-state index contributed by atoms with van der Waals surface area (Å²) >= 11 is 0. The highest BCUT2D eigenvalue weighted by molar-refractivity contribution is 5.06. The van der Waals surface area contributed by atoms with Gasteiger partial charge in [0.2, 0.25) is 0 Å². The molecule has 0 spiro atoms. The van der Waals surface area contributed by atoms with E-state index < -0.39 is 0 Å². The van der Waals surface area contributed by atoms with Gasteiger partial charge in [-0.1, -0.05) is 13.8 Å². The monoisotopic (exact) mass is 193 g/mol. The van der Waals surface area contributed by atoms with Crippen molar-refractivity contribution in [1.29, 1.82) is 0 Å². The lowest BCUT2D eigenvalue weighted by Gasteiger charge is -2.61. The van der Waals surface area contributed by atoms with Gasteiger partial charge in [-0.2, -0.15) is 0 Å². The van der Waals surface area contributed by atoms with E-state index in [4.69, 9.17) is 0 Å². The van der Waals surface area contributed by atoms with Crippen LogP contribution in [0.3, 0.4) is 0 Å². The summed E-state index contributed by atoms with van der Waals surface area (Å²) in [6.45, 7) is 6.29. The average Bonchev–Trinajstić information content (AvgIpc) is 2.70. The standard InChI is InChI=1S/C13H23N/c1-13(2)9-5-6-10(11(13)8-9)12-4-3-7-14-12/h9-12,14H,3-8H2,1-2H3. The van der Waals surface area contributed by atoms with Crippen LogP contribution in [0.4, 0.5) is 0 Å². The summed E-state index contributed by atoms with van der Waals surface area (Å²) < 4.78 is 0. The quantitative estimate of drug-likeness (QED) is 0.675. The van der Waals surface area contributed by atoms with Crippen LogP contribution in [0, 0.1) is 23.2 Å². The Morgan fingerprint density at radius 3 is 2.57 bits per heavy atom. The second kappa shape index (κ2) is 2.98. The van der Waals surface area contributed by atoms with Crippen LogP contribution in [-0.4, -0.2) is 12.6 Å². The Hall–Kier alpha value is -0.0400. The van der Waals surface area contributed by atoms with Crippen LogP contribution in [-0.2, 0) is 0 Å². The summed E-state index contributed by atoms with van der Waals surface area (Å²) in [5.74, 6) is 3.11. The molecule has 1 nitrogen and oxygen atoms in total. The van der Waals surface area contributed by atoms with E-state index in [9.17, 15) is 0 Å². The highest BCUT2D eigenvalue weighted by atomic mass is 15.0. The van der Waals surface area contributed by atoms with Crippen LogP contribution in [0.5, 0.6) is 0 Å². The maximum absolute atomic E-state index is 3.72. The van der Waals surface area contributed by atoms with Crippen molar-refractivity contribution in [3.05, 3.63) is 0 Å². The normalized spacial score (nSPS) is 50.1. The second-order valence-electron chi connectivity index (χ2n) is 6.30. The van der Waals surface area contributed by atoms with Crippen LogP contribution in [0.2, 0.25) is 0 Å². The predicted octanol–water partition coefficient (Wildman–Crippen LogP) is 2.81. The number of rotatable bonds is 1. The molecule has 80 valence electrons. The van der Waals surface area contributed by atoms with Gasteiger partial charge in [0.05, 0.1) is 0 Å². The summed E-state index contributed by atoms with van der Waals surface area (Å²) in [4.78, 5) is 0. The molecule has 3 aliphatic carbocycles. The average molecular weight is 193 g/mol. The van der Waals surface area contributed by atoms with Crippen molar-refractivity contribution in [3.63, 3.8) is 0 Å². The smallest absolute Gasteiger partial charge is 0.00986 e. The molecule has 4 fully saturated rings. The van der Waals surface area contributed by atoms with Crippen LogP contribution in [0.25, 0.3) is 0 Å².